The van der Waals surface area contributed by atoms with Gasteiger partial charge in [0.15, 0.2) is 0 Å². The van der Waals surface area contributed by atoms with Crippen LogP contribution in [-0.4, -0.2) is 35.0 Å². The highest BCUT2D eigenvalue weighted by Crippen LogP contribution is 2.30. The molecular weight excluding hydrogens is 206 g/mol. The number of carbonyl (C=O) groups is 2. The zero-order valence-corrected chi connectivity index (χ0v) is 9.95. The van der Waals surface area contributed by atoms with Crippen LogP contribution < -0.4 is 0 Å². The molecule has 0 bridgehead atoms. The Morgan fingerprint density at radius 3 is 2.50 bits per heavy atom. The van der Waals surface area contributed by atoms with Gasteiger partial charge in [0, 0.05) is 25.9 Å². The Balaban J connectivity index is 2.25. The van der Waals surface area contributed by atoms with E-state index < -0.39 is 5.97 Å². The van der Waals surface area contributed by atoms with E-state index in [0.717, 1.165) is 19.5 Å². The van der Waals surface area contributed by atoms with Crippen LogP contribution in [-0.2, 0) is 9.59 Å². The molecule has 1 amide bonds. The maximum Gasteiger partial charge on any atom is 0.303 e. The van der Waals surface area contributed by atoms with Gasteiger partial charge in [-0.2, -0.15) is 0 Å². The molecule has 16 heavy (non-hydrogen) atoms. The van der Waals surface area contributed by atoms with E-state index in [0.29, 0.717) is 18.8 Å². The van der Waals surface area contributed by atoms with Crippen LogP contribution in [0, 0.1) is 5.92 Å². The molecule has 1 aliphatic carbocycles. The van der Waals surface area contributed by atoms with Gasteiger partial charge >= 0.3 is 5.97 Å². The minimum absolute atomic E-state index is 0.0924. The summed E-state index contributed by atoms with van der Waals surface area (Å²) in [6.45, 7) is 3.74. The number of amides is 1. The van der Waals surface area contributed by atoms with Crippen molar-refractivity contribution in [3.63, 3.8) is 0 Å². The summed E-state index contributed by atoms with van der Waals surface area (Å²) in [6.07, 6.45) is 4.37. The number of carboxylic acid groups (broad SMARTS) is 1. The van der Waals surface area contributed by atoms with Crippen molar-refractivity contribution >= 4 is 11.9 Å². The molecule has 0 aromatic rings. The molecule has 0 spiro atoms. The van der Waals surface area contributed by atoms with E-state index in [1.807, 2.05) is 4.90 Å². The second kappa shape index (κ2) is 6.51. The molecule has 0 radical (unpaired) electrons. The van der Waals surface area contributed by atoms with E-state index in [1.165, 1.54) is 12.8 Å². The highest BCUT2D eigenvalue weighted by atomic mass is 16.4. The van der Waals surface area contributed by atoms with Gasteiger partial charge in [-0.1, -0.05) is 6.92 Å². The third-order valence-corrected chi connectivity index (χ3v) is 2.80. The van der Waals surface area contributed by atoms with Gasteiger partial charge in [0.1, 0.15) is 0 Å². The van der Waals surface area contributed by atoms with Crippen molar-refractivity contribution in [3.8, 4) is 0 Å². The molecule has 1 N–H and O–H groups in total. The monoisotopic (exact) mass is 227 g/mol. The third kappa shape index (κ3) is 5.14. The lowest BCUT2D eigenvalue weighted by Gasteiger charge is -2.21. The summed E-state index contributed by atoms with van der Waals surface area (Å²) in [5.74, 6) is 0.00186. The first-order valence-electron chi connectivity index (χ1n) is 6.13. The van der Waals surface area contributed by atoms with Gasteiger partial charge in [-0.15, -0.1) is 0 Å². The molecule has 4 nitrogen and oxygen atoms in total. The van der Waals surface area contributed by atoms with Crippen molar-refractivity contribution in [1.82, 2.24) is 4.90 Å². The number of aliphatic carboxylic acids is 1. The Morgan fingerprint density at radius 1 is 1.31 bits per heavy atom. The number of hydrogen-bond donors (Lipinski definition) is 1. The van der Waals surface area contributed by atoms with Gasteiger partial charge in [-0.05, 0) is 31.6 Å². The zero-order chi connectivity index (χ0) is 12.0. The summed E-state index contributed by atoms with van der Waals surface area (Å²) in [5.41, 5.74) is 0. The lowest BCUT2D eigenvalue weighted by molar-refractivity contribution is -0.137. The van der Waals surface area contributed by atoms with Gasteiger partial charge in [0.25, 0.3) is 0 Å². The van der Waals surface area contributed by atoms with Crippen LogP contribution in [0.5, 0.6) is 0 Å². The molecule has 0 unspecified atom stereocenters. The lowest BCUT2D eigenvalue weighted by Crippen LogP contribution is -2.33. The smallest absolute Gasteiger partial charge is 0.303 e. The van der Waals surface area contributed by atoms with Gasteiger partial charge in [0.2, 0.25) is 5.91 Å². The molecule has 0 saturated heterocycles. The van der Waals surface area contributed by atoms with Gasteiger partial charge in [0.05, 0.1) is 0 Å². The van der Waals surface area contributed by atoms with E-state index in [9.17, 15) is 9.59 Å². The number of carbonyl (C=O) groups excluding carboxylic acids is 1. The number of carboxylic acids is 1. The van der Waals surface area contributed by atoms with Crippen LogP contribution >= 0.6 is 0 Å². The van der Waals surface area contributed by atoms with Crippen molar-refractivity contribution in [2.45, 2.75) is 45.4 Å². The normalized spacial score (nSPS) is 14.8. The van der Waals surface area contributed by atoms with Crippen LogP contribution in [0.15, 0.2) is 0 Å². The van der Waals surface area contributed by atoms with E-state index in [1.54, 1.807) is 0 Å². The van der Waals surface area contributed by atoms with Crippen molar-refractivity contribution in [3.05, 3.63) is 0 Å². The summed E-state index contributed by atoms with van der Waals surface area (Å²) in [7, 11) is 0. The molecule has 0 atom stereocenters. The minimum Gasteiger partial charge on any atom is -0.481 e. The first-order chi connectivity index (χ1) is 7.63. The van der Waals surface area contributed by atoms with Crippen LogP contribution in [0.4, 0.5) is 0 Å². The van der Waals surface area contributed by atoms with Gasteiger partial charge in [-0.3, -0.25) is 9.59 Å². The van der Waals surface area contributed by atoms with Crippen molar-refractivity contribution in [2.75, 3.05) is 13.1 Å². The second-order valence-electron chi connectivity index (χ2n) is 4.53. The molecule has 4 heteroatoms. The predicted octanol–water partition coefficient (Wildman–Crippen LogP) is 1.89. The van der Waals surface area contributed by atoms with Crippen LogP contribution in [0.25, 0.3) is 0 Å². The molecular formula is C12H21NO3. The minimum atomic E-state index is -0.822. The maximum atomic E-state index is 11.8. The summed E-state index contributed by atoms with van der Waals surface area (Å²) < 4.78 is 0. The molecule has 0 aromatic heterocycles. The van der Waals surface area contributed by atoms with E-state index in [-0.39, 0.29) is 12.3 Å². The quantitative estimate of drug-likeness (QED) is 0.689. The lowest BCUT2D eigenvalue weighted by atomic mass is 10.2. The SMILES string of the molecule is CCCN(CC1CC1)C(=O)CCCC(=O)O. The highest BCUT2D eigenvalue weighted by molar-refractivity contribution is 5.77. The van der Waals surface area contributed by atoms with E-state index >= 15 is 0 Å². The number of hydrogen-bond acceptors (Lipinski definition) is 2. The number of rotatable bonds is 8. The van der Waals surface area contributed by atoms with Crippen LogP contribution in [0.2, 0.25) is 0 Å². The Hall–Kier alpha value is -1.06. The molecule has 1 fully saturated rings. The first kappa shape index (κ1) is 13.0. The van der Waals surface area contributed by atoms with E-state index in [2.05, 4.69) is 6.92 Å². The van der Waals surface area contributed by atoms with Crippen LogP contribution in [0.3, 0.4) is 0 Å². The number of nitrogens with zero attached hydrogens (tertiary/aromatic N) is 1. The summed E-state index contributed by atoms with van der Waals surface area (Å²) in [4.78, 5) is 24.1. The predicted molar refractivity (Wildman–Crippen MR) is 61.1 cm³/mol. The Bertz CT molecular complexity index is 249. The Labute approximate surface area is 96.6 Å². The second-order valence-corrected chi connectivity index (χ2v) is 4.53. The highest BCUT2D eigenvalue weighted by Gasteiger charge is 2.26. The summed E-state index contributed by atoms with van der Waals surface area (Å²) >= 11 is 0. The largest absolute Gasteiger partial charge is 0.481 e. The van der Waals surface area contributed by atoms with Gasteiger partial charge in [-0.25, -0.2) is 0 Å². The molecule has 1 rings (SSSR count). The van der Waals surface area contributed by atoms with Crippen LogP contribution in [0.1, 0.15) is 45.4 Å². The molecule has 1 saturated carbocycles. The van der Waals surface area contributed by atoms with E-state index in [4.69, 9.17) is 5.11 Å². The molecule has 0 aromatic carbocycles. The van der Waals surface area contributed by atoms with Crippen molar-refractivity contribution in [2.24, 2.45) is 5.92 Å². The topological polar surface area (TPSA) is 57.6 Å². The fourth-order valence-corrected chi connectivity index (χ4v) is 1.75. The summed E-state index contributed by atoms with van der Waals surface area (Å²) in [6, 6.07) is 0. The van der Waals surface area contributed by atoms with Crippen molar-refractivity contribution < 1.29 is 14.7 Å². The third-order valence-electron chi connectivity index (χ3n) is 2.80. The Kier molecular flexibility index (Phi) is 5.29. The molecule has 92 valence electrons. The molecule has 1 aliphatic rings. The zero-order valence-electron chi connectivity index (χ0n) is 9.95. The molecule has 0 aliphatic heterocycles. The fourth-order valence-electron chi connectivity index (χ4n) is 1.75. The van der Waals surface area contributed by atoms with Crippen molar-refractivity contribution in [1.29, 1.82) is 0 Å². The average molecular weight is 227 g/mol. The average Bonchev–Trinajstić information content (AvgIpc) is 3.00. The standard InChI is InChI=1S/C12H21NO3/c1-2-8-13(9-10-6-7-10)11(14)4-3-5-12(15)16/h10H,2-9H2,1H3,(H,15,16). The molecule has 0 heterocycles. The maximum absolute atomic E-state index is 11.8. The fraction of sp³-hybridized carbons (Fsp3) is 0.833. The van der Waals surface area contributed by atoms with Gasteiger partial charge < -0.3 is 10.0 Å². The summed E-state index contributed by atoms with van der Waals surface area (Å²) in [5, 5.41) is 8.50. The Morgan fingerprint density at radius 2 is 2.00 bits per heavy atom. The first-order valence-corrected chi connectivity index (χ1v) is 6.13.